The van der Waals surface area contributed by atoms with Crippen molar-refractivity contribution in [3.63, 3.8) is 0 Å². The Balaban J connectivity index is 2.96. The van der Waals surface area contributed by atoms with Crippen molar-refractivity contribution in [2.45, 2.75) is 5.79 Å². The van der Waals surface area contributed by atoms with Crippen molar-refractivity contribution < 1.29 is 14.3 Å². The van der Waals surface area contributed by atoms with Gasteiger partial charge in [0, 0.05) is 20.3 Å². The van der Waals surface area contributed by atoms with E-state index in [0.717, 1.165) is 0 Å². The van der Waals surface area contributed by atoms with Gasteiger partial charge in [-0.25, -0.2) is 0 Å². The topological polar surface area (TPSA) is 35.5 Å². The molecule has 0 amide bonds. The van der Waals surface area contributed by atoms with E-state index in [4.69, 9.17) is 21.1 Å². The molecule has 0 aliphatic heterocycles. The molecule has 0 fully saturated rings. The molecule has 0 atom stereocenters. The molecule has 12 heavy (non-hydrogen) atoms. The highest BCUT2D eigenvalue weighted by molar-refractivity contribution is 6.44. The molecule has 66 valence electrons. The maximum Gasteiger partial charge on any atom is 0.209 e. The minimum Gasteiger partial charge on any atom is -0.346 e. The normalized spacial score (nSPS) is 20.9. The fraction of sp³-hybridized carbons (Fsp3) is 0.375. The van der Waals surface area contributed by atoms with Crippen LogP contribution in [0.2, 0.25) is 0 Å². The quantitative estimate of drug-likeness (QED) is 0.612. The molecule has 0 heterocycles. The number of allylic oxidation sites excluding steroid dienone is 2. The zero-order valence-corrected chi connectivity index (χ0v) is 7.59. The molecule has 0 saturated carbocycles. The Morgan fingerprint density at radius 2 is 2.00 bits per heavy atom. The molecule has 0 aromatic heterocycles. The van der Waals surface area contributed by atoms with Crippen LogP contribution in [0, 0.1) is 0 Å². The lowest BCUT2D eigenvalue weighted by atomic mass is 10.1. The summed E-state index contributed by atoms with van der Waals surface area (Å²) >= 11 is 5.61. The lowest BCUT2D eigenvalue weighted by Crippen LogP contribution is -2.31. The number of rotatable bonds is 2. The highest BCUT2D eigenvalue weighted by Gasteiger charge is 2.28. The van der Waals surface area contributed by atoms with E-state index in [0.29, 0.717) is 0 Å². The molecule has 0 saturated heterocycles. The monoisotopic (exact) mass is 188 g/mol. The number of methoxy groups -OCH3 is 2. The van der Waals surface area contributed by atoms with Crippen LogP contribution < -0.4 is 0 Å². The third-order valence-corrected chi connectivity index (χ3v) is 1.96. The molecule has 0 radical (unpaired) electrons. The van der Waals surface area contributed by atoms with Gasteiger partial charge in [-0.1, -0.05) is 11.6 Å². The van der Waals surface area contributed by atoms with Gasteiger partial charge in [-0.2, -0.15) is 0 Å². The lowest BCUT2D eigenvalue weighted by Gasteiger charge is -2.25. The average molecular weight is 189 g/mol. The summed E-state index contributed by atoms with van der Waals surface area (Å²) < 4.78 is 10.0. The first-order valence-electron chi connectivity index (χ1n) is 3.36. The molecule has 3 nitrogen and oxygen atoms in total. The van der Waals surface area contributed by atoms with E-state index in [9.17, 15) is 4.79 Å². The molecule has 0 aromatic rings. The first-order chi connectivity index (χ1) is 5.63. The number of halogens is 1. The van der Waals surface area contributed by atoms with Gasteiger partial charge in [0.2, 0.25) is 5.79 Å². The molecule has 0 bridgehead atoms. The Hall–Kier alpha value is -0.640. The summed E-state index contributed by atoms with van der Waals surface area (Å²) in [6, 6.07) is 0. The summed E-state index contributed by atoms with van der Waals surface area (Å²) in [5.74, 6) is -1.22. The molecule has 1 aliphatic carbocycles. The van der Waals surface area contributed by atoms with Crippen LogP contribution in [0.25, 0.3) is 0 Å². The van der Waals surface area contributed by atoms with Crippen molar-refractivity contribution in [1.82, 2.24) is 0 Å². The van der Waals surface area contributed by atoms with Gasteiger partial charge in [0.15, 0.2) is 5.78 Å². The van der Waals surface area contributed by atoms with E-state index in [1.165, 1.54) is 32.4 Å². The summed E-state index contributed by atoms with van der Waals surface area (Å²) in [4.78, 5) is 10.9. The van der Waals surface area contributed by atoms with Crippen LogP contribution in [0.4, 0.5) is 0 Å². The number of hydrogen-bond donors (Lipinski definition) is 0. The lowest BCUT2D eigenvalue weighted by molar-refractivity contribution is -0.136. The predicted octanol–water partition coefficient (Wildman–Crippen LogP) is 1.24. The average Bonchev–Trinajstić information content (AvgIpc) is 2.10. The van der Waals surface area contributed by atoms with E-state index in [1.807, 2.05) is 0 Å². The van der Waals surface area contributed by atoms with E-state index in [-0.39, 0.29) is 10.8 Å². The molecule has 1 rings (SSSR count). The number of carbonyl (C=O) groups excluding carboxylic acids is 1. The molecular formula is C8H9ClO3. The molecule has 0 aromatic carbocycles. The van der Waals surface area contributed by atoms with Crippen molar-refractivity contribution in [3.05, 3.63) is 23.3 Å². The minimum atomic E-state index is -0.981. The van der Waals surface area contributed by atoms with Crippen molar-refractivity contribution in [2.75, 3.05) is 14.2 Å². The van der Waals surface area contributed by atoms with Gasteiger partial charge < -0.3 is 9.47 Å². The van der Waals surface area contributed by atoms with Crippen LogP contribution >= 0.6 is 11.6 Å². The second kappa shape index (κ2) is 3.39. The molecule has 1 aliphatic rings. The molecule has 0 unspecified atom stereocenters. The van der Waals surface area contributed by atoms with Crippen LogP contribution in [-0.2, 0) is 14.3 Å². The van der Waals surface area contributed by atoms with Crippen LogP contribution in [0.5, 0.6) is 0 Å². The summed E-state index contributed by atoms with van der Waals surface area (Å²) in [6.07, 6.45) is 4.27. The smallest absolute Gasteiger partial charge is 0.209 e. The van der Waals surface area contributed by atoms with E-state index >= 15 is 0 Å². The zero-order valence-electron chi connectivity index (χ0n) is 6.83. The summed E-state index contributed by atoms with van der Waals surface area (Å²) in [6.45, 7) is 0. The van der Waals surface area contributed by atoms with E-state index in [2.05, 4.69) is 0 Å². The second-order valence-electron chi connectivity index (χ2n) is 2.32. The molecule has 4 heteroatoms. The third kappa shape index (κ3) is 1.58. The van der Waals surface area contributed by atoms with Gasteiger partial charge in [-0.3, -0.25) is 4.79 Å². The maximum atomic E-state index is 10.9. The summed E-state index contributed by atoms with van der Waals surface area (Å²) in [5.41, 5.74) is 0. The Morgan fingerprint density at radius 3 is 2.42 bits per heavy atom. The number of ether oxygens (including phenoxy) is 2. The Morgan fingerprint density at radius 1 is 1.42 bits per heavy atom. The van der Waals surface area contributed by atoms with Gasteiger partial charge >= 0.3 is 0 Å². The van der Waals surface area contributed by atoms with Crippen molar-refractivity contribution in [2.24, 2.45) is 0 Å². The third-order valence-electron chi connectivity index (χ3n) is 1.67. The molecule has 0 spiro atoms. The SMILES string of the molecule is COC1(OC)C=CC(=O)C(Cl)=C1. The van der Waals surface area contributed by atoms with Crippen molar-refractivity contribution >= 4 is 17.4 Å². The highest BCUT2D eigenvalue weighted by Crippen LogP contribution is 2.24. The Labute approximate surface area is 75.6 Å². The van der Waals surface area contributed by atoms with Gasteiger partial charge in [-0.15, -0.1) is 0 Å². The Kier molecular flexibility index (Phi) is 2.67. The van der Waals surface area contributed by atoms with Crippen LogP contribution in [-0.4, -0.2) is 25.8 Å². The van der Waals surface area contributed by atoms with Gasteiger partial charge in [0.1, 0.15) is 0 Å². The fourth-order valence-corrected chi connectivity index (χ4v) is 1.12. The minimum absolute atomic E-state index is 0.112. The van der Waals surface area contributed by atoms with Gasteiger partial charge in [-0.05, 0) is 12.2 Å². The summed E-state index contributed by atoms with van der Waals surface area (Å²) in [7, 11) is 2.95. The molecular weight excluding hydrogens is 180 g/mol. The van der Waals surface area contributed by atoms with Gasteiger partial charge in [0.05, 0.1) is 5.03 Å². The van der Waals surface area contributed by atoms with Crippen LogP contribution in [0.1, 0.15) is 0 Å². The Bertz CT molecular complexity index is 251. The molecule has 0 N–H and O–H groups in total. The standard InChI is InChI=1S/C8H9ClO3/c1-11-8(12-2)4-3-7(10)6(9)5-8/h3-5H,1-2H3. The second-order valence-corrected chi connectivity index (χ2v) is 2.73. The largest absolute Gasteiger partial charge is 0.346 e. The highest BCUT2D eigenvalue weighted by atomic mass is 35.5. The number of hydrogen-bond acceptors (Lipinski definition) is 3. The first-order valence-corrected chi connectivity index (χ1v) is 3.73. The van der Waals surface area contributed by atoms with E-state index < -0.39 is 5.79 Å². The number of carbonyl (C=O) groups is 1. The predicted molar refractivity (Wildman–Crippen MR) is 44.8 cm³/mol. The maximum absolute atomic E-state index is 10.9. The van der Waals surface area contributed by atoms with Crippen molar-refractivity contribution in [3.8, 4) is 0 Å². The van der Waals surface area contributed by atoms with Crippen LogP contribution in [0.15, 0.2) is 23.3 Å². The fourth-order valence-electron chi connectivity index (χ4n) is 0.905. The van der Waals surface area contributed by atoms with E-state index in [1.54, 1.807) is 0 Å². The van der Waals surface area contributed by atoms with Crippen molar-refractivity contribution in [1.29, 1.82) is 0 Å². The van der Waals surface area contributed by atoms with Crippen LogP contribution in [0.3, 0.4) is 0 Å². The van der Waals surface area contributed by atoms with Gasteiger partial charge in [0.25, 0.3) is 0 Å². The zero-order chi connectivity index (χ0) is 9.19. The first kappa shape index (κ1) is 9.45. The number of ketones is 1. The summed E-state index contributed by atoms with van der Waals surface area (Å²) in [5, 5.41) is 0.112.